The van der Waals surface area contributed by atoms with E-state index in [2.05, 4.69) is 10.6 Å². The Balaban J connectivity index is 2.04. The second-order valence-corrected chi connectivity index (χ2v) is 7.12. The molecule has 0 saturated heterocycles. The maximum absolute atomic E-state index is 12.2. The van der Waals surface area contributed by atoms with Crippen LogP contribution in [-0.4, -0.2) is 36.9 Å². The summed E-state index contributed by atoms with van der Waals surface area (Å²) in [5.74, 6) is 0.536. The van der Waals surface area contributed by atoms with E-state index >= 15 is 0 Å². The third kappa shape index (κ3) is 7.24. The minimum Gasteiger partial charge on any atom is -0.490 e. The fourth-order valence-electron chi connectivity index (χ4n) is 2.70. The number of aliphatic hydroxyl groups excluding tert-OH is 1. The second kappa shape index (κ2) is 11.7. The molecule has 0 bridgehead atoms. The van der Waals surface area contributed by atoms with Gasteiger partial charge < -0.3 is 25.2 Å². The van der Waals surface area contributed by atoms with E-state index in [0.717, 1.165) is 17.5 Å². The molecule has 1 unspecified atom stereocenters. The van der Waals surface area contributed by atoms with Crippen molar-refractivity contribution in [3.05, 3.63) is 52.5 Å². The molecule has 1 atom stereocenters. The summed E-state index contributed by atoms with van der Waals surface area (Å²) in [6.07, 6.45) is 0.819. The molecule has 0 fully saturated rings. The molecule has 3 N–H and O–H groups in total. The van der Waals surface area contributed by atoms with E-state index in [1.807, 2.05) is 51.1 Å². The van der Waals surface area contributed by atoms with E-state index in [1.54, 1.807) is 6.07 Å². The molecule has 2 aromatic carbocycles. The van der Waals surface area contributed by atoms with Crippen LogP contribution in [-0.2, 0) is 11.3 Å². The highest BCUT2D eigenvalue weighted by molar-refractivity contribution is 6.32. The average molecular weight is 421 g/mol. The van der Waals surface area contributed by atoms with E-state index in [9.17, 15) is 9.90 Å². The number of carbonyl (C=O) groups is 1. The molecule has 0 heterocycles. The van der Waals surface area contributed by atoms with Crippen LogP contribution in [0.5, 0.6) is 11.5 Å². The fourth-order valence-corrected chi connectivity index (χ4v) is 2.99. The molecule has 0 aromatic heterocycles. The van der Waals surface area contributed by atoms with Crippen molar-refractivity contribution in [3.63, 3.8) is 0 Å². The number of benzene rings is 2. The summed E-state index contributed by atoms with van der Waals surface area (Å²) in [5, 5.41) is 15.7. The summed E-state index contributed by atoms with van der Waals surface area (Å²) >= 11 is 6.40. The standard InChI is InChI=1S/C22H29ClN2O4/c1-4-17(13-26)24-12-16-10-19(23)22(20(11-16)28-5-2)29-14-21(27)25-18-8-6-15(3)7-9-18/h6-11,17,24,26H,4-5,12-14H2,1-3H3,(H,25,27). The van der Waals surface area contributed by atoms with Crippen molar-refractivity contribution in [1.82, 2.24) is 5.32 Å². The first kappa shape index (κ1) is 23.0. The Hall–Kier alpha value is -2.28. The highest BCUT2D eigenvalue weighted by atomic mass is 35.5. The van der Waals surface area contributed by atoms with Gasteiger partial charge in [0.1, 0.15) is 0 Å². The van der Waals surface area contributed by atoms with Crippen molar-refractivity contribution in [2.45, 2.75) is 39.8 Å². The minimum atomic E-state index is -0.285. The van der Waals surface area contributed by atoms with Crippen LogP contribution in [0.1, 0.15) is 31.4 Å². The zero-order chi connectivity index (χ0) is 21.2. The molecule has 0 radical (unpaired) electrons. The highest BCUT2D eigenvalue weighted by Crippen LogP contribution is 2.36. The molecule has 1 amide bonds. The van der Waals surface area contributed by atoms with Gasteiger partial charge in [-0.3, -0.25) is 4.79 Å². The number of anilines is 1. The number of amides is 1. The molecule has 0 spiro atoms. The Kier molecular flexibility index (Phi) is 9.25. The Morgan fingerprint density at radius 3 is 2.52 bits per heavy atom. The van der Waals surface area contributed by atoms with E-state index in [-0.39, 0.29) is 25.2 Å². The van der Waals surface area contributed by atoms with Crippen LogP contribution in [0.25, 0.3) is 0 Å². The van der Waals surface area contributed by atoms with Gasteiger partial charge in [-0.15, -0.1) is 0 Å². The molecule has 2 rings (SSSR count). The maximum Gasteiger partial charge on any atom is 0.262 e. The summed E-state index contributed by atoms with van der Waals surface area (Å²) in [7, 11) is 0. The lowest BCUT2D eigenvalue weighted by molar-refractivity contribution is -0.118. The van der Waals surface area contributed by atoms with Crippen molar-refractivity contribution >= 4 is 23.2 Å². The van der Waals surface area contributed by atoms with E-state index in [4.69, 9.17) is 21.1 Å². The highest BCUT2D eigenvalue weighted by Gasteiger charge is 2.15. The van der Waals surface area contributed by atoms with Crippen molar-refractivity contribution in [2.75, 3.05) is 25.1 Å². The number of rotatable bonds is 11. The molecule has 158 valence electrons. The number of aliphatic hydroxyl groups is 1. The molecule has 0 aliphatic heterocycles. The van der Waals surface area contributed by atoms with Gasteiger partial charge in [-0.05, 0) is 50.1 Å². The van der Waals surface area contributed by atoms with Gasteiger partial charge in [0.15, 0.2) is 18.1 Å². The van der Waals surface area contributed by atoms with Gasteiger partial charge in [-0.25, -0.2) is 0 Å². The largest absolute Gasteiger partial charge is 0.490 e. The lowest BCUT2D eigenvalue weighted by atomic mass is 10.1. The molecule has 0 aliphatic rings. The van der Waals surface area contributed by atoms with Gasteiger partial charge >= 0.3 is 0 Å². The number of hydrogen-bond donors (Lipinski definition) is 3. The van der Waals surface area contributed by atoms with Gasteiger partial charge in [-0.1, -0.05) is 36.2 Å². The normalized spacial score (nSPS) is 11.8. The van der Waals surface area contributed by atoms with E-state index < -0.39 is 0 Å². The summed E-state index contributed by atoms with van der Waals surface area (Å²) in [4.78, 5) is 12.2. The molecular formula is C22H29ClN2O4. The number of halogens is 1. The first-order valence-electron chi connectivity index (χ1n) is 9.75. The number of nitrogens with one attached hydrogen (secondary N) is 2. The molecule has 7 heteroatoms. The second-order valence-electron chi connectivity index (χ2n) is 6.71. The number of ether oxygens (including phenoxy) is 2. The fraction of sp³-hybridized carbons (Fsp3) is 0.409. The third-order valence-corrected chi connectivity index (χ3v) is 4.64. The van der Waals surface area contributed by atoms with Crippen molar-refractivity contribution in [2.24, 2.45) is 0 Å². The SMILES string of the molecule is CCOc1cc(CNC(CC)CO)cc(Cl)c1OCC(=O)Nc1ccc(C)cc1. The number of hydrogen-bond acceptors (Lipinski definition) is 5. The topological polar surface area (TPSA) is 79.8 Å². The zero-order valence-electron chi connectivity index (χ0n) is 17.1. The van der Waals surface area contributed by atoms with Crippen molar-refractivity contribution in [1.29, 1.82) is 0 Å². The predicted octanol–water partition coefficient (Wildman–Crippen LogP) is 3.93. The summed E-state index contributed by atoms with van der Waals surface area (Å²) in [5.41, 5.74) is 2.73. The van der Waals surface area contributed by atoms with Crippen LogP contribution < -0.4 is 20.1 Å². The van der Waals surface area contributed by atoms with Crippen LogP contribution in [0.15, 0.2) is 36.4 Å². The van der Waals surface area contributed by atoms with Crippen LogP contribution in [0, 0.1) is 6.92 Å². The first-order chi connectivity index (χ1) is 14.0. The molecule has 29 heavy (non-hydrogen) atoms. The number of carbonyl (C=O) groups excluding carboxylic acids is 1. The molecule has 2 aromatic rings. The lowest BCUT2D eigenvalue weighted by Gasteiger charge is -2.17. The molecule has 0 saturated carbocycles. The molecule has 0 aliphatic carbocycles. The van der Waals surface area contributed by atoms with Crippen LogP contribution in [0.4, 0.5) is 5.69 Å². The Morgan fingerprint density at radius 2 is 1.90 bits per heavy atom. The van der Waals surface area contributed by atoms with Gasteiger partial charge in [0.25, 0.3) is 5.91 Å². The monoisotopic (exact) mass is 420 g/mol. The smallest absolute Gasteiger partial charge is 0.262 e. The summed E-state index contributed by atoms with van der Waals surface area (Å²) in [6, 6.07) is 11.1. The minimum absolute atomic E-state index is 0.0192. The van der Waals surface area contributed by atoms with Gasteiger partial charge in [0, 0.05) is 18.3 Å². The molecule has 6 nitrogen and oxygen atoms in total. The average Bonchev–Trinajstić information content (AvgIpc) is 2.70. The number of aryl methyl sites for hydroxylation is 1. The lowest BCUT2D eigenvalue weighted by Crippen LogP contribution is -2.31. The van der Waals surface area contributed by atoms with Gasteiger partial charge in [0.2, 0.25) is 0 Å². The van der Waals surface area contributed by atoms with Crippen molar-refractivity contribution < 1.29 is 19.4 Å². The zero-order valence-corrected chi connectivity index (χ0v) is 17.9. The maximum atomic E-state index is 12.2. The molecular weight excluding hydrogens is 392 g/mol. The van der Waals surface area contributed by atoms with Crippen LogP contribution in [0.2, 0.25) is 5.02 Å². The predicted molar refractivity (Wildman–Crippen MR) is 116 cm³/mol. The third-order valence-electron chi connectivity index (χ3n) is 4.36. The van der Waals surface area contributed by atoms with Crippen LogP contribution in [0.3, 0.4) is 0 Å². The Labute approximate surface area is 177 Å². The van der Waals surface area contributed by atoms with Gasteiger partial charge in [0.05, 0.1) is 18.2 Å². The van der Waals surface area contributed by atoms with E-state index in [1.165, 1.54) is 0 Å². The summed E-state index contributed by atoms with van der Waals surface area (Å²) in [6.45, 7) is 6.71. The van der Waals surface area contributed by atoms with E-state index in [0.29, 0.717) is 35.4 Å². The van der Waals surface area contributed by atoms with Gasteiger partial charge in [-0.2, -0.15) is 0 Å². The van der Waals surface area contributed by atoms with Crippen molar-refractivity contribution in [3.8, 4) is 11.5 Å². The van der Waals surface area contributed by atoms with Crippen LogP contribution >= 0.6 is 11.6 Å². The Morgan fingerprint density at radius 1 is 1.17 bits per heavy atom. The Bertz CT molecular complexity index is 792. The first-order valence-corrected chi connectivity index (χ1v) is 10.1. The summed E-state index contributed by atoms with van der Waals surface area (Å²) < 4.78 is 11.3. The quantitative estimate of drug-likeness (QED) is 0.513.